The second-order valence-electron chi connectivity index (χ2n) is 7.35. The standard InChI is InChI=1S/C21H27FN2O/c1-6-16-10-11-18(19(22)13-16)20(25)23-24(21(3,4)5)14-17-9-7-8-15(2)12-17/h7-13H,6,14H2,1-5H3,(H,23,25). The predicted octanol–water partition coefficient (Wildman–Crippen LogP) is 4.64. The van der Waals surface area contributed by atoms with Gasteiger partial charge in [-0.15, -0.1) is 0 Å². The van der Waals surface area contributed by atoms with Crippen LogP contribution in [0.1, 0.15) is 54.7 Å². The Hall–Kier alpha value is -2.20. The Bertz CT molecular complexity index is 750. The Kier molecular flexibility index (Phi) is 5.96. The zero-order valence-corrected chi connectivity index (χ0v) is 15.7. The molecule has 2 aromatic carbocycles. The van der Waals surface area contributed by atoms with Gasteiger partial charge in [0.05, 0.1) is 5.56 Å². The molecule has 0 heterocycles. The monoisotopic (exact) mass is 342 g/mol. The number of nitrogens with one attached hydrogen (secondary N) is 1. The van der Waals surface area contributed by atoms with Crippen LogP contribution < -0.4 is 5.43 Å². The highest BCUT2D eigenvalue weighted by molar-refractivity contribution is 5.94. The number of hydrogen-bond acceptors (Lipinski definition) is 2. The second-order valence-corrected chi connectivity index (χ2v) is 7.35. The molecule has 25 heavy (non-hydrogen) atoms. The summed E-state index contributed by atoms with van der Waals surface area (Å²) in [6.07, 6.45) is 0.736. The van der Waals surface area contributed by atoms with Crippen LogP contribution >= 0.6 is 0 Å². The predicted molar refractivity (Wildman–Crippen MR) is 99.7 cm³/mol. The number of halogens is 1. The van der Waals surface area contributed by atoms with Gasteiger partial charge in [0.15, 0.2) is 0 Å². The van der Waals surface area contributed by atoms with E-state index < -0.39 is 11.7 Å². The van der Waals surface area contributed by atoms with E-state index in [1.165, 1.54) is 11.6 Å². The average molecular weight is 342 g/mol. The molecule has 0 radical (unpaired) electrons. The molecule has 1 amide bonds. The third-order valence-electron chi connectivity index (χ3n) is 4.16. The van der Waals surface area contributed by atoms with Crippen molar-refractivity contribution in [2.24, 2.45) is 0 Å². The van der Waals surface area contributed by atoms with Crippen molar-refractivity contribution in [2.45, 2.75) is 53.1 Å². The van der Waals surface area contributed by atoms with E-state index in [0.717, 1.165) is 17.5 Å². The normalized spacial score (nSPS) is 11.6. The minimum Gasteiger partial charge on any atom is -0.284 e. The molecule has 2 rings (SSSR count). The van der Waals surface area contributed by atoms with Gasteiger partial charge in [-0.25, -0.2) is 9.40 Å². The van der Waals surface area contributed by atoms with Crippen LogP contribution in [0.2, 0.25) is 0 Å². The number of hydrazine groups is 1. The molecule has 0 atom stereocenters. The first-order valence-corrected chi connectivity index (χ1v) is 8.63. The fraction of sp³-hybridized carbons (Fsp3) is 0.381. The smallest absolute Gasteiger partial charge is 0.268 e. The Morgan fingerprint density at radius 1 is 1.12 bits per heavy atom. The van der Waals surface area contributed by atoms with Gasteiger partial charge in [-0.05, 0) is 57.4 Å². The molecule has 1 N–H and O–H groups in total. The van der Waals surface area contributed by atoms with Crippen molar-refractivity contribution < 1.29 is 9.18 Å². The SMILES string of the molecule is CCc1ccc(C(=O)NN(Cc2cccc(C)c2)C(C)(C)C)c(F)c1. The maximum Gasteiger partial charge on any atom is 0.268 e. The lowest BCUT2D eigenvalue weighted by Gasteiger charge is -2.35. The Balaban J connectivity index is 2.21. The van der Waals surface area contributed by atoms with Crippen molar-refractivity contribution in [3.8, 4) is 0 Å². The van der Waals surface area contributed by atoms with Gasteiger partial charge in [-0.3, -0.25) is 10.2 Å². The van der Waals surface area contributed by atoms with Gasteiger partial charge in [-0.2, -0.15) is 0 Å². The number of nitrogens with zero attached hydrogens (tertiary/aromatic N) is 1. The van der Waals surface area contributed by atoms with E-state index in [2.05, 4.69) is 11.5 Å². The van der Waals surface area contributed by atoms with E-state index >= 15 is 0 Å². The van der Waals surface area contributed by atoms with Crippen molar-refractivity contribution >= 4 is 5.91 Å². The summed E-state index contributed by atoms with van der Waals surface area (Å²) in [6, 6.07) is 12.9. The average Bonchev–Trinajstić information content (AvgIpc) is 2.53. The van der Waals surface area contributed by atoms with Crippen LogP contribution in [-0.2, 0) is 13.0 Å². The molecular weight excluding hydrogens is 315 g/mol. The van der Waals surface area contributed by atoms with E-state index in [4.69, 9.17) is 0 Å². The third-order valence-corrected chi connectivity index (χ3v) is 4.16. The minimum atomic E-state index is -0.485. The van der Waals surface area contributed by atoms with Crippen LogP contribution in [0.4, 0.5) is 4.39 Å². The van der Waals surface area contributed by atoms with E-state index in [-0.39, 0.29) is 11.1 Å². The number of benzene rings is 2. The summed E-state index contributed by atoms with van der Waals surface area (Å²) < 4.78 is 14.2. The molecule has 0 bridgehead atoms. The van der Waals surface area contributed by atoms with Crippen molar-refractivity contribution in [2.75, 3.05) is 0 Å². The fourth-order valence-electron chi connectivity index (χ4n) is 2.58. The molecule has 0 aliphatic heterocycles. The van der Waals surface area contributed by atoms with Gasteiger partial charge in [0.2, 0.25) is 0 Å². The molecule has 134 valence electrons. The van der Waals surface area contributed by atoms with Crippen molar-refractivity contribution in [1.29, 1.82) is 0 Å². The molecule has 0 saturated carbocycles. The summed E-state index contributed by atoms with van der Waals surface area (Å²) in [6.45, 7) is 10.6. The van der Waals surface area contributed by atoms with Gasteiger partial charge >= 0.3 is 0 Å². The third kappa shape index (κ3) is 5.13. The first kappa shape index (κ1) is 19.1. The molecule has 0 spiro atoms. The van der Waals surface area contributed by atoms with Gasteiger partial charge in [0.1, 0.15) is 5.82 Å². The molecule has 0 aliphatic rings. The first-order chi connectivity index (χ1) is 11.7. The maximum atomic E-state index is 14.2. The summed E-state index contributed by atoms with van der Waals surface area (Å²) in [5.41, 5.74) is 5.77. The molecule has 0 aliphatic carbocycles. The zero-order valence-electron chi connectivity index (χ0n) is 15.7. The Labute approximate surface area is 149 Å². The van der Waals surface area contributed by atoms with Crippen LogP contribution in [-0.4, -0.2) is 16.5 Å². The number of carbonyl (C=O) groups is 1. The molecular formula is C21H27FN2O. The van der Waals surface area contributed by atoms with Gasteiger partial charge < -0.3 is 0 Å². The number of rotatable bonds is 5. The molecule has 3 nitrogen and oxygen atoms in total. The minimum absolute atomic E-state index is 0.0655. The molecule has 2 aromatic rings. The highest BCUT2D eigenvalue weighted by Crippen LogP contribution is 2.17. The Morgan fingerprint density at radius 2 is 1.84 bits per heavy atom. The summed E-state index contributed by atoms with van der Waals surface area (Å²) >= 11 is 0. The van der Waals surface area contributed by atoms with Crippen molar-refractivity contribution in [3.63, 3.8) is 0 Å². The lowest BCUT2D eigenvalue weighted by Crippen LogP contribution is -2.52. The molecule has 0 saturated heterocycles. The van der Waals surface area contributed by atoms with Crippen molar-refractivity contribution in [1.82, 2.24) is 10.4 Å². The zero-order chi connectivity index (χ0) is 18.6. The van der Waals surface area contributed by atoms with E-state index in [1.807, 2.05) is 57.8 Å². The first-order valence-electron chi connectivity index (χ1n) is 8.63. The fourth-order valence-corrected chi connectivity index (χ4v) is 2.58. The van der Waals surface area contributed by atoms with E-state index in [1.54, 1.807) is 12.1 Å². The molecule has 0 aromatic heterocycles. The van der Waals surface area contributed by atoms with Crippen LogP contribution in [0.3, 0.4) is 0 Å². The van der Waals surface area contributed by atoms with Gasteiger partial charge in [-0.1, -0.05) is 42.8 Å². The summed E-state index contributed by atoms with van der Waals surface area (Å²) in [7, 11) is 0. The van der Waals surface area contributed by atoms with Gasteiger partial charge in [0.25, 0.3) is 5.91 Å². The summed E-state index contributed by atoms with van der Waals surface area (Å²) in [5.74, 6) is -0.913. The van der Waals surface area contributed by atoms with E-state index in [0.29, 0.717) is 6.54 Å². The lowest BCUT2D eigenvalue weighted by atomic mass is 10.1. The van der Waals surface area contributed by atoms with Gasteiger partial charge in [0, 0.05) is 12.1 Å². The maximum absolute atomic E-state index is 14.2. The van der Waals surface area contributed by atoms with Crippen molar-refractivity contribution in [3.05, 3.63) is 70.5 Å². The van der Waals surface area contributed by atoms with Crippen LogP contribution in [0.15, 0.2) is 42.5 Å². The number of amides is 1. The topological polar surface area (TPSA) is 32.3 Å². The summed E-state index contributed by atoms with van der Waals surface area (Å²) in [5, 5.41) is 1.84. The molecule has 0 fully saturated rings. The lowest BCUT2D eigenvalue weighted by molar-refractivity contribution is 0.0458. The Morgan fingerprint density at radius 3 is 2.40 bits per heavy atom. The quantitative estimate of drug-likeness (QED) is 0.803. The van der Waals surface area contributed by atoms with Crippen LogP contribution in [0.25, 0.3) is 0 Å². The summed E-state index contributed by atoms with van der Waals surface area (Å²) in [4.78, 5) is 12.6. The van der Waals surface area contributed by atoms with E-state index in [9.17, 15) is 9.18 Å². The molecule has 0 unspecified atom stereocenters. The number of aryl methyl sites for hydroxylation is 2. The number of hydrogen-bond donors (Lipinski definition) is 1. The van der Waals surface area contributed by atoms with Crippen LogP contribution in [0.5, 0.6) is 0 Å². The largest absolute Gasteiger partial charge is 0.284 e. The van der Waals surface area contributed by atoms with Crippen LogP contribution in [0, 0.1) is 12.7 Å². The highest BCUT2D eigenvalue weighted by atomic mass is 19.1. The highest BCUT2D eigenvalue weighted by Gasteiger charge is 2.25. The second kappa shape index (κ2) is 7.79. The molecule has 4 heteroatoms. The number of carbonyl (C=O) groups excluding carboxylic acids is 1.